The first-order valence-corrected chi connectivity index (χ1v) is 15.0. The fourth-order valence-corrected chi connectivity index (χ4v) is 7.07. The molecule has 11 heteroatoms. The first kappa shape index (κ1) is 29.8. The van der Waals surface area contributed by atoms with Crippen molar-refractivity contribution in [1.82, 2.24) is 0 Å². The van der Waals surface area contributed by atoms with Crippen LogP contribution in [0.4, 0.5) is 10.1 Å². The summed E-state index contributed by atoms with van der Waals surface area (Å²) in [7, 11) is 0. The minimum Gasteiger partial charge on any atom is -0.465 e. The maximum Gasteiger partial charge on any atom is 0.338 e. The topological polar surface area (TPSA) is 98.9 Å². The van der Waals surface area contributed by atoms with Crippen LogP contribution in [0.1, 0.15) is 42.5 Å². The Morgan fingerprint density at radius 3 is 2.36 bits per heavy atom. The number of carbonyl (C=O) groups excluding carboxylic acids is 3. The first-order chi connectivity index (χ1) is 20.2. The lowest BCUT2D eigenvalue weighted by atomic mass is 9.68. The number of ether oxygens (including phenoxy) is 2. The van der Waals surface area contributed by atoms with Gasteiger partial charge in [-0.3, -0.25) is 14.5 Å². The highest BCUT2D eigenvalue weighted by molar-refractivity contribution is 7.10. The Morgan fingerprint density at radius 1 is 1.05 bits per heavy atom. The fraction of sp³-hybridized carbons (Fsp3) is 0.258. The van der Waals surface area contributed by atoms with Crippen LogP contribution < -0.4 is 10.6 Å². The van der Waals surface area contributed by atoms with Crippen LogP contribution in [0.25, 0.3) is 0 Å². The second-order valence-electron chi connectivity index (χ2n) is 9.72. The molecular formula is C31H27Cl2FN2O5S. The van der Waals surface area contributed by atoms with Gasteiger partial charge in [-0.2, -0.15) is 0 Å². The Bertz CT molecular complexity index is 1600. The molecule has 1 aromatic heterocycles. The predicted molar refractivity (Wildman–Crippen MR) is 160 cm³/mol. The van der Waals surface area contributed by atoms with Crippen LogP contribution in [0, 0.1) is 11.7 Å². The average molecular weight is 630 g/mol. The van der Waals surface area contributed by atoms with E-state index >= 15 is 4.39 Å². The number of anilines is 1. The van der Waals surface area contributed by atoms with Gasteiger partial charge in [0.25, 0.3) is 0 Å². The van der Waals surface area contributed by atoms with Crippen LogP contribution in [0.5, 0.6) is 0 Å². The number of hydrogen-bond acceptors (Lipinski definition) is 8. The summed E-state index contributed by atoms with van der Waals surface area (Å²) >= 11 is 14.1. The summed E-state index contributed by atoms with van der Waals surface area (Å²) in [4.78, 5) is 44.0. The molecular weight excluding hydrogens is 602 g/mol. The van der Waals surface area contributed by atoms with Gasteiger partial charge in [-0.05, 0) is 56.0 Å². The molecule has 0 radical (unpaired) electrons. The molecule has 218 valence electrons. The molecule has 5 rings (SSSR count). The molecule has 3 aromatic rings. The van der Waals surface area contributed by atoms with E-state index in [1.54, 1.807) is 32.0 Å². The van der Waals surface area contributed by atoms with E-state index in [2.05, 4.69) is 0 Å². The second-order valence-corrected chi connectivity index (χ2v) is 11.6. The average Bonchev–Trinajstić information content (AvgIpc) is 3.47. The Hall–Kier alpha value is -3.66. The Kier molecular flexibility index (Phi) is 8.73. The van der Waals surface area contributed by atoms with E-state index in [1.807, 2.05) is 17.5 Å². The summed E-state index contributed by atoms with van der Waals surface area (Å²) in [5.41, 5.74) is 7.54. The predicted octanol–water partition coefficient (Wildman–Crippen LogP) is 6.72. The SMILES string of the molecule is CCOC(=O)C1=C(N)N(c2cc(Cl)cc(Cl)c2)C2=C(C(=O)[C@@H](C(=O)OCC)[C@H](c3cccs3)C2)[C@@H]1c1ccccc1F. The number of ketones is 1. The molecule has 0 saturated carbocycles. The number of Topliss-reactive ketones (excluding diaryl/α,β-unsaturated/α-hetero) is 1. The molecule has 0 saturated heterocycles. The number of halogens is 3. The summed E-state index contributed by atoms with van der Waals surface area (Å²) in [5, 5.41) is 2.45. The lowest BCUT2D eigenvalue weighted by Crippen LogP contribution is -2.46. The third-order valence-corrected chi connectivity index (χ3v) is 8.75. The van der Waals surface area contributed by atoms with E-state index in [0.717, 1.165) is 4.88 Å². The van der Waals surface area contributed by atoms with Crippen LogP contribution >= 0.6 is 34.5 Å². The summed E-state index contributed by atoms with van der Waals surface area (Å²) in [6, 6.07) is 14.2. The van der Waals surface area contributed by atoms with Crippen molar-refractivity contribution in [2.24, 2.45) is 11.7 Å². The van der Waals surface area contributed by atoms with Crippen LogP contribution in [-0.2, 0) is 23.9 Å². The number of nitrogens with two attached hydrogens (primary N) is 1. The summed E-state index contributed by atoms with van der Waals surface area (Å²) in [6.07, 6.45) is 0.150. The van der Waals surface area contributed by atoms with Crippen LogP contribution in [0.3, 0.4) is 0 Å². The second kappa shape index (κ2) is 12.3. The number of esters is 2. The molecule has 2 aliphatic rings. The Morgan fingerprint density at radius 2 is 1.74 bits per heavy atom. The Balaban J connectivity index is 1.85. The maximum absolute atomic E-state index is 15.5. The van der Waals surface area contributed by atoms with E-state index in [4.69, 9.17) is 38.4 Å². The normalized spacial score (nSPS) is 20.5. The van der Waals surface area contributed by atoms with E-state index in [-0.39, 0.29) is 42.2 Å². The van der Waals surface area contributed by atoms with Gasteiger partial charge in [0.05, 0.1) is 30.4 Å². The molecule has 3 atom stereocenters. The third-order valence-electron chi connectivity index (χ3n) is 7.30. The van der Waals surface area contributed by atoms with Gasteiger partial charge in [-0.15, -0.1) is 11.3 Å². The van der Waals surface area contributed by atoms with Gasteiger partial charge in [0, 0.05) is 37.7 Å². The van der Waals surface area contributed by atoms with Crippen molar-refractivity contribution >= 4 is 57.9 Å². The molecule has 0 spiro atoms. The number of thiophene rings is 1. The monoisotopic (exact) mass is 628 g/mol. The maximum atomic E-state index is 15.5. The molecule has 0 bridgehead atoms. The minimum atomic E-state index is -1.25. The van der Waals surface area contributed by atoms with Crippen molar-refractivity contribution < 1.29 is 28.2 Å². The zero-order valence-electron chi connectivity index (χ0n) is 22.7. The van der Waals surface area contributed by atoms with Crippen molar-refractivity contribution in [3.8, 4) is 0 Å². The van der Waals surface area contributed by atoms with Crippen molar-refractivity contribution in [2.75, 3.05) is 18.1 Å². The number of benzene rings is 2. The Labute approximate surface area is 256 Å². The molecule has 0 fully saturated rings. The van der Waals surface area contributed by atoms with Crippen LogP contribution in [-0.4, -0.2) is 30.9 Å². The molecule has 0 unspecified atom stereocenters. The highest BCUT2D eigenvalue weighted by Crippen LogP contribution is 2.52. The van der Waals surface area contributed by atoms with Gasteiger partial charge < -0.3 is 15.2 Å². The van der Waals surface area contributed by atoms with Crippen molar-refractivity contribution in [1.29, 1.82) is 0 Å². The van der Waals surface area contributed by atoms with Crippen LogP contribution in [0.2, 0.25) is 10.0 Å². The van der Waals surface area contributed by atoms with E-state index < -0.39 is 41.3 Å². The van der Waals surface area contributed by atoms with E-state index in [0.29, 0.717) is 21.4 Å². The van der Waals surface area contributed by atoms with Crippen molar-refractivity contribution in [3.05, 3.63) is 109 Å². The molecule has 42 heavy (non-hydrogen) atoms. The quantitative estimate of drug-likeness (QED) is 0.229. The number of allylic oxidation sites excluding steroid dienone is 2. The van der Waals surface area contributed by atoms with Gasteiger partial charge in [0.1, 0.15) is 17.6 Å². The summed E-state index contributed by atoms with van der Waals surface area (Å²) < 4.78 is 26.3. The summed E-state index contributed by atoms with van der Waals surface area (Å²) in [5.74, 6) is -5.91. The van der Waals surface area contributed by atoms with Crippen molar-refractivity contribution in [3.63, 3.8) is 0 Å². The zero-order valence-corrected chi connectivity index (χ0v) is 25.1. The number of nitrogens with zero attached hydrogens (tertiary/aromatic N) is 1. The molecule has 0 amide bonds. The van der Waals surface area contributed by atoms with Gasteiger partial charge >= 0.3 is 11.9 Å². The van der Waals surface area contributed by atoms with Gasteiger partial charge in [0.15, 0.2) is 5.78 Å². The number of rotatable bonds is 7. The highest BCUT2D eigenvalue weighted by atomic mass is 35.5. The molecule has 2 N–H and O–H groups in total. The van der Waals surface area contributed by atoms with Gasteiger partial charge in [0.2, 0.25) is 0 Å². The smallest absolute Gasteiger partial charge is 0.338 e. The van der Waals surface area contributed by atoms with Gasteiger partial charge in [-0.25, -0.2) is 9.18 Å². The van der Waals surface area contributed by atoms with Gasteiger partial charge in [-0.1, -0.05) is 47.5 Å². The third kappa shape index (κ3) is 5.32. The van der Waals surface area contributed by atoms with Crippen LogP contribution in [0.15, 0.2) is 82.6 Å². The molecule has 2 heterocycles. The minimum absolute atomic E-state index is 0.00829. The molecule has 2 aromatic carbocycles. The largest absolute Gasteiger partial charge is 0.465 e. The lowest BCUT2D eigenvalue weighted by Gasteiger charge is -2.44. The first-order valence-electron chi connectivity index (χ1n) is 13.3. The lowest BCUT2D eigenvalue weighted by molar-refractivity contribution is -0.152. The van der Waals surface area contributed by atoms with E-state index in [9.17, 15) is 14.4 Å². The highest BCUT2D eigenvalue weighted by Gasteiger charge is 2.52. The van der Waals surface area contributed by atoms with E-state index in [1.165, 1.54) is 40.5 Å². The summed E-state index contributed by atoms with van der Waals surface area (Å²) in [6.45, 7) is 3.36. The van der Waals surface area contributed by atoms with Crippen molar-refractivity contribution in [2.45, 2.75) is 32.1 Å². The number of carbonyl (C=O) groups is 3. The molecule has 1 aliphatic heterocycles. The zero-order chi connectivity index (χ0) is 30.1. The fourth-order valence-electron chi connectivity index (χ4n) is 5.69. The number of hydrogen-bond donors (Lipinski definition) is 1. The molecule has 7 nitrogen and oxygen atoms in total. The standard InChI is InChI=1S/C31H27Cl2FN2O5S/c1-3-40-30(38)25-20(23-10-7-11-42-23)15-22-26(28(25)37)24(19-8-5-6-9-21(19)34)27(31(39)41-4-2)29(35)36(22)18-13-16(32)12-17(33)14-18/h5-14,20,24-25H,3-4,15,35H2,1-2H3/t20-,24-,25-/m0/s1. The molecule has 1 aliphatic carbocycles.